The quantitative estimate of drug-likeness (QED) is 0.684. The molecule has 2 rings (SSSR count). The molecular formula is C12H14N4O2S2. The molecule has 106 valence electrons. The number of nitrogen functional groups attached to an aromatic ring is 1. The molecule has 0 saturated carbocycles. The molecule has 2 aromatic rings. The van der Waals surface area contributed by atoms with Crippen LogP contribution in [0.4, 0.5) is 10.8 Å². The van der Waals surface area contributed by atoms with E-state index in [4.69, 9.17) is 10.5 Å². The Kier molecular flexibility index (Phi) is 4.46. The fraction of sp³-hybridized carbons (Fsp3) is 0.250. The first-order valence-corrected chi connectivity index (χ1v) is 7.31. The number of hydrogen-bond acceptors (Lipinski definition) is 8. The van der Waals surface area contributed by atoms with E-state index < -0.39 is 5.97 Å². The van der Waals surface area contributed by atoms with Crippen molar-refractivity contribution in [3.05, 3.63) is 23.8 Å². The second-order valence-corrected chi connectivity index (χ2v) is 6.30. The number of aromatic nitrogens is 2. The van der Waals surface area contributed by atoms with E-state index >= 15 is 0 Å². The minimum atomic E-state index is -0.448. The van der Waals surface area contributed by atoms with Crippen LogP contribution in [0.2, 0.25) is 0 Å². The molecule has 1 aromatic heterocycles. The number of nitrogens with zero attached hydrogens (tertiary/aromatic N) is 3. The third-order valence-corrected chi connectivity index (χ3v) is 4.66. The van der Waals surface area contributed by atoms with Crippen LogP contribution in [0.5, 0.6) is 0 Å². The van der Waals surface area contributed by atoms with E-state index in [9.17, 15) is 4.79 Å². The third kappa shape index (κ3) is 3.02. The van der Waals surface area contributed by atoms with Crippen molar-refractivity contribution in [3.8, 4) is 0 Å². The monoisotopic (exact) mass is 310 g/mol. The van der Waals surface area contributed by atoms with Gasteiger partial charge in [-0.05, 0) is 12.1 Å². The molecule has 0 fully saturated rings. The summed E-state index contributed by atoms with van der Waals surface area (Å²) >= 11 is 2.84. The summed E-state index contributed by atoms with van der Waals surface area (Å²) in [5.74, 6) is -0.448. The highest BCUT2D eigenvalue weighted by molar-refractivity contribution is 8.01. The Labute approximate surface area is 124 Å². The van der Waals surface area contributed by atoms with Crippen LogP contribution in [0.1, 0.15) is 10.4 Å². The predicted molar refractivity (Wildman–Crippen MR) is 80.6 cm³/mol. The molecular weight excluding hydrogens is 296 g/mol. The zero-order chi connectivity index (χ0) is 14.7. The number of carbonyl (C=O) groups is 1. The highest BCUT2D eigenvalue weighted by atomic mass is 32.2. The molecule has 0 aliphatic heterocycles. The number of esters is 1. The van der Waals surface area contributed by atoms with Gasteiger partial charge in [0.25, 0.3) is 0 Å². The second-order valence-electron chi connectivity index (χ2n) is 4.06. The van der Waals surface area contributed by atoms with Crippen LogP contribution in [0, 0.1) is 0 Å². The van der Waals surface area contributed by atoms with E-state index in [-0.39, 0.29) is 0 Å². The van der Waals surface area contributed by atoms with Crippen molar-refractivity contribution in [1.29, 1.82) is 0 Å². The normalized spacial score (nSPS) is 10.3. The van der Waals surface area contributed by atoms with Crippen molar-refractivity contribution in [2.45, 2.75) is 9.24 Å². The molecule has 2 N–H and O–H groups in total. The molecule has 20 heavy (non-hydrogen) atoms. The highest BCUT2D eigenvalue weighted by Crippen LogP contribution is 2.36. The van der Waals surface area contributed by atoms with Gasteiger partial charge < -0.3 is 15.4 Å². The number of hydrogen-bond donors (Lipinski definition) is 1. The van der Waals surface area contributed by atoms with Crippen LogP contribution in [-0.2, 0) is 4.74 Å². The first-order valence-electron chi connectivity index (χ1n) is 5.68. The fourth-order valence-corrected chi connectivity index (χ4v) is 3.24. The van der Waals surface area contributed by atoms with E-state index in [1.165, 1.54) is 30.2 Å². The Morgan fingerprint density at radius 3 is 2.75 bits per heavy atom. The first-order chi connectivity index (χ1) is 9.52. The molecule has 1 heterocycles. The summed E-state index contributed by atoms with van der Waals surface area (Å²) in [4.78, 5) is 14.2. The lowest BCUT2D eigenvalue weighted by Gasteiger charge is -2.07. The molecule has 0 bridgehead atoms. The fourth-order valence-electron chi connectivity index (χ4n) is 1.44. The van der Waals surface area contributed by atoms with Gasteiger partial charge in [0.2, 0.25) is 5.13 Å². The average Bonchev–Trinajstić information content (AvgIpc) is 2.89. The number of nitrogens with two attached hydrogens (primary N) is 1. The SMILES string of the molecule is COC(=O)c1cccc(Sc2nnc(N(C)C)s2)c1N. The van der Waals surface area contributed by atoms with Crippen molar-refractivity contribution in [2.75, 3.05) is 31.8 Å². The molecule has 0 aliphatic carbocycles. The van der Waals surface area contributed by atoms with Gasteiger partial charge in [0.15, 0.2) is 4.34 Å². The van der Waals surface area contributed by atoms with Crippen molar-refractivity contribution in [1.82, 2.24) is 10.2 Å². The summed E-state index contributed by atoms with van der Waals surface area (Å²) in [6.45, 7) is 0. The Hall–Kier alpha value is -1.80. The number of anilines is 2. The van der Waals surface area contributed by atoms with Crippen LogP contribution in [0.15, 0.2) is 27.4 Å². The number of carbonyl (C=O) groups excluding carboxylic acids is 1. The van der Waals surface area contributed by atoms with E-state index in [1.807, 2.05) is 25.1 Å². The summed E-state index contributed by atoms with van der Waals surface area (Å²) in [5, 5.41) is 8.96. The minimum Gasteiger partial charge on any atom is -0.465 e. The lowest BCUT2D eigenvalue weighted by molar-refractivity contribution is 0.0601. The smallest absolute Gasteiger partial charge is 0.339 e. The molecule has 0 radical (unpaired) electrons. The van der Waals surface area contributed by atoms with Gasteiger partial charge in [-0.2, -0.15) is 0 Å². The predicted octanol–water partition coefficient (Wildman–Crippen LogP) is 2.12. The number of benzene rings is 1. The van der Waals surface area contributed by atoms with E-state index in [2.05, 4.69) is 10.2 Å². The van der Waals surface area contributed by atoms with Gasteiger partial charge in [-0.3, -0.25) is 0 Å². The van der Waals surface area contributed by atoms with Crippen LogP contribution in [0.3, 0.4) is 0 Å². The van der Waals surface area contributed by atoms with E-state index in [0.29, 0.717) is 11.3 Å². The molecule has 0 unspecified atom stereocenters. The van der Waals surface area contributed by atoms with E-state index in [0.717, 1.165) is 14.4 Å². The van der Waals surface area contributed by atoms with E-state index in [1.54, 1.807) is 12.1 Å². The zero-order valence-electron chi connectivity index (χ0n) is 11.3. The van der Waals surface area contributed by atoms with Gasteiger partial charge in [-0.25, -0.2) is 4.79 Å². The second kappa shape index (κ2) is 6.10. The number of methoxy groups -OCH3 is 1. The lowest BCUT2D eigenvalue weighted by atomic mass is 10.2. The first kappa shape index (κ1) is 14.6. The molecule has 0 saturated heterocycles. The molecule has 0 atom stereocenters. The molecule has 8 heteroatoms. The van der Waals surface area contributed by atoms with Crippen molar-refractivity contribution < 1.29 is 9.53 Å². The van der Waals surface area contributed by atoms with Crippen LogP contribution >= 0.6 is 23.1 Å². The third-order valence-electron chi connectivity index (χ3n) is 2.45. The summed E-state index contributed by atoms with van der Waals surface area (Å²) in [7, 11) is 5.14. The Balaban J connectivity index is 2.27. The summed E-state index contributed by atoms with van der Waals surface area (Å²) < 4.78 is 5.46. The molecule has 1 aromatic carbocycles. The largest absolute Gasteiger partial charge is 0.465 e. The summed E-state index contributed by atoms with van der Waals surface area (Å²) in [6.07, 6.45) is 0. The van der Waals surface area contributed by atoms with Gasteiger partial charge >= 0.3 is 5.97 Å². The standard InChI is InChI=1S/C12H14N4O2S2/c1-16(2)11-14-15-12(20-11)19-8-6-4-5-7(9(8)13)10(17)18-3/h4-6H,13H2,1-3H3. The van der Waals surface area contributed by atoms with Crippen molar-refractivity contribution in [3.63, 3.8) is 0 Å². The Bertz CT molecular complexity index is 628. The Morgan fingerprint density at radius 2 is 2.15 bits per heavy atom. The topological polar surface area (TPSA) is 81.3 Å². The molecule has 0 spiro atoms. The summed E-state index contributed by atoms with van der Waals surface area (Å²) in [6, 6.07) is 5.23. The number of para-hydroxylation sites is 1. The lowest BCUT2D eigenvalue weighted by Crippen LogP contribution is -2.07. The van der Waals surface area contributed by atoms with Crippen molar-refractivity contribution in [2.24, 2.45) is 0 Å². The van der Waals surface area contributed by atoms with Crippen LogP contribution in [-0.4, -0.2) is 37.4 Å². The van der Waals surface area contributed by atoms with Gasteiger partial charge in [0, 0.05) is 19.0 Å². The van der Waals surface area contributed by atoms with Crippen LogP contribution in [0.25, 0.3) is 0 Å². The van der Waals surface area contributed by atoms with Crippen molar-refractivity contribution >= 4 is 39.9 Å². The van der Waals surface area contributed by atoms with Gasteiger partial charge in [0.05, 0.1) is 18.4 Å². The Morgan fingerprint density at radius 1 is 1.40 bits per heavy atom. The summed E-state index contributed by atoms with van der Waals surface area (Å²) in [5.41, 5.74) is 6.75. The maximum atomic E-state index is 11.6. The zero-order valence-corrected chi connectivity index (χ0v) is 12.9. The van der Waals surface area contributed by atoms with Gasteiger partial charge in [-0.1, -0.05) is 29.2 Å². The highest BCUT2D eigenvalue weighted by Gasteiger charge is 2.15. The maximum Gasteiger partial charge on any atom is 0.339 e. The molecule has 0 amide bonds. The maximum absolute atomic E-state index is 11.6. The number of rotatable bonds is 4. The van der Waals surface area contributed by atoms with Crippen LogP contribution < -0.4 is 10.6 Å². The minimum absolute atomic E-state index is 0.356. The van der Waals surface area contributed by atoms with Gasteiger partial charge in [0.1, 0.15) is 0 Å². The average molecular weight is 310 g/mol. The van der Waals surface area contributed by atoms with Gasteiger partial charge in [-0.15, -0.1) is 10.2 Å². The number of ether oxygens (including phenoxy) is 1. The molecule has 6 nitrogen and oxygen atoms in total. The molecule has 0 aliphatic rings.